The van der Waals surface area contributed by atoms with E-state index in [0.29, 0.717) is 6.61 Å². The Labute approximate surface area is 97.0 Å². The zero-order valence-corrected chi connectivity index (χ0v) is 9.86. The van der Waals surface area contributed by atoms with Crippen LogP contribution in [0.5, 0.6) is 5.75 Å². The van der Waals surface area contributed by atoms with Gasteiger partial charge in [-0.05, 0) is 30.7 Å². The molecule has 0 radical (unpaired) electrons. The second-order valence-electron chi connectivity index (χ2n) is 3.54. The normalized spacial score (nSPS) is 11.8. The van der Waals surface area contributed by atoms with Crippen molar-refractivity contribution in [2.45, 2.75) is 26.3 Å². The highest BCUT2D eigenvalue weighted by Gasteiger charge is 2.08. The second kappa shape index (κ2) is 6.86. The summed E-state index contributed by atoms with van der Waals surface area (Å²) in [6, 6.07) is 9.68. The number of nitriles is 1. The van der Waals surface area contributed by atoms with E-state index in [1.165, 1.54) is 0 Å². The fraction of sp³-hybridized carbons (Fsp3) is 0.462. The van der Waals surface area contributed by atoms with E-state index in [9.17, 15) is 0 Å². The van der Waals surface area contributed by atoms with E-state index in [4.69, 9.17) is 10.00 Å². The Bertz CT molecular complexity index is 357. The molecule has 3 heteroatoms. The van der Waals surface area contributed by atoms with Crippen LogP contribution in [0.4, 0.5) is 0 Å². The molecule has 0 heterocycles. The van der Waals surface area contributed by atoms with Gasteiger partial charge in [0.1, 0.15) is 11.8 Å². The van der Waals surface area contributed by atoms with Gasteiger partial charge in [-0.1, -0.05) is 26.0 Å². The van der Waals surface area contributed by atoms with E-state index in [-0.39, 0.29) is 6.04 Å². The average molecular weight is 218 g/mol. The molecule has 86 valence electrons. The van der Waals surface area contributed by atoms with Gasteiger partial charge in [-0.2, -0.15) is 5.26 Å². The molecule has 0 aromatic heterocycles. The number of rotatable bonds is 6. The zero-order chi connectivity index (χ0) is 11.8. The summed E-state index contributed by atoms with van der Waals surface area (Å²) in [5.41, 5.74) is 0.956. The summed E-state index contributed by atoms with van der Waals surface area (Å²) in [5, 5.41) is 12.1. The van der Waals surface area contributed by atoms with Gasteiger partial charge in [0.2, 0.25) is 0 Å². The largest absolute Gasteiger partial charge is 0.494 e. The number of hydrogen-bond acceptors (Lipinski definition) is 3. The minimum Gasteiger partial charge on any atom is -0.494 e. The fourth-order valence-corrected chi connectivity index (χ4v) is 1.45. The summed E-state index contributed by atoms with van der Waals surface area (Å²) in [6.45, 7) is 5.54. The molecule has 0 fully saturated rings. The first-order chi connectivity index (χ1) is 7.81. The maximum absolute atomic E-state index is 9.02. The van der Waals surface area contributed by atoms with Gasteiger partial charge in [-0.15, -0.1) is 0 Å². The SMILES string of the molecule is CCCOc1cccc(C(C#N)NCC)c1. The first kappa shape index (κ1) is 12.5. The van der Waals surface area contributed by atoms with Gasteiger partial charge >= 0.3 is 0 Å². The number of nitrogens with zero attached hydrogens (tertiary/aromatic N) is 1. The molecular weight excluding hydrogens is 200 g/mol. The van der Waals surface area contributed by atoms with Gasteiger partial charge in [0.05, 0.1) is 12.7 Å². The third-order valence-electron chi connectivity index (χ3n) is 2.20. The van der Waals surface area contributed by atoms with Crippen molar-refractivity contribution in [3.8, 4) is 11.8 Å². The molecule has 0 aliphatic rings. The lowest BCUT2D eigenvalue weighted by Crippen LogP contribution is -2.19. The van der Waals surface area contributed by atoms with Gasteiger partial charge in [-0.25, -0.2) is 0 Å². The monoisotopic (exact) mass is 218 g/mol. The van der Waals surface area contributed by atoms with Gasteiger partial charge in [-0.3, -0.25) is 5.32 Å². The molecule has 1 aromatic rings. The van der Waals surface area contributed by atoms with Crippen LogP contribution in [0, 0.1) is 11.3 Å². The first-order valence-corrected chi connectivity index (χ1v) is 5.67. The highest BCUT2D eigenvalue weighted by Crippen LogP contribution is 2.19. The van der Waals surface area contributed by atoms with Gasteiger partial charge in [0.15, 0.2) is 0 Å². The van der Waals surface area contributed by atoms with Crippen molar-refractivity contribution >= 4 is 0 Å². The number of nitrogens with one attached hydrogen (secondary N) is 1. The quantitative estimate of drug-likeness (QED) is 0.798. The average Bonchev–Trinajstić information content (AvgIpc) is 2.33. The molecule has 0 saturated carbocycles. The lowest BCUT2D eigenvalue weighted by molar-refractivity contribution is 0.317. The van der Waals surface area contributed by atoms with Gasteiger partial charge in [0, 0.05) is 0 Å². The van der Waals surface area contributed by atoms with Gasteiger partial charge in [0.25, 0.3) is 0 Å². The summed E-state index contributed by atoms with van der Waals surface area (Å²) in [6.07, 6.45) is 0.985. The molecule has 1 unspecified atom stereocenters. The standard InChI is InChI=1S/C13H18N2O/c1-3-8-16-12-7-5-6-11(9-12)13(10-14)15-4-2/h5-7,9,13,15H,3-4,8H2,1-2H3. The zero-order valence-electron chi connectivity index (χ0n) is 9.86. The Morgan fingerprint density at radius 2 is 2.25 bits per heavy atom. The van der Waals surface area contributed by atoms with Crippen molar-refractivity contribution < 1.29 is 4.74 Å². The van der Waals surface area contributed by atoms with E-state index in [0.717, 1.165) is 24.3 Å². The highest BCUT2D eigenvalue weighted by atomic mass is 16.5. The molecule has 1 rings (SSSR count). The lowest BCUT2D eigenvalue weighted by atomic mass is 10.1. The Morgan fingerprint density at radius 1 is 1.44 bits per heavy atom. The molecular formula is C13H18N2O. The van der Waals surface area contributed by atoms with Crippen molar-refractivity contribution in [2.75, 3.05) is 13.2 Å². The molecule has 16 heavy (non-hydrogen) atoms. The minimum atomic E-state index is -0.254. The first-order valence-electron chi connectivity index (χ1n) is 5.67. The van der Waals surface area contributed by atoms with Crippen molar-refractivity contribution in [3.05, 3.63) is 29.8 Å². The summed E-state index contributed by atoms with van der Waals surface area (Å²) < 4.78 is 5.53. The molecule has 1 aromatic carbocycles. The molecule has 0 aliphatic heterocycles. The topological polar surface area (TPSA) is 45.0 Å². The number of ether oxygens (including phenoxy) is 1. The predicted octanol–water partition coefficient (Wildman–Crippen LogP) is 2.65. The Hall–Kier alpha value is -1.53. The summed E-state index contributed by atoms with van der Waals surface area (Å²) in [4.78, 5) is 0. The van der Waals surface area contributed by atoms with Crippen LogP contribution < -0.4 is 10.1 Å². The maximum Gasteiger partial charge on any atom is 0.121 e. The third-order valence-corrected chi connectivity index (χ3v) is 2.20. The maximum atomic E-state index is 9.02. The van der Waals surface area contributed by atoms with E-state index in [1.807, 2.05) is 31.2 Å². The van der Waals surface area contributed by atoms with Crippen molar-refractivity contribution in [3.63, 3.8) is 0 Å². The summed E-state index contributed by atoms with van der Waals surface area (Å²) in [5.74, 6) is 0.831. The Kier molecular flexibility index (Phi) is 5.38. The number of benzene rings is 1. The van der Waals surface area contributed by atoms with Crippen molar-refractivity contribution in [1.29, 1.82) is 5.26 Å². The van der Waals surface area contributed by atoms with Crippen LogP contribution in [-0.4, -0.2) is 13.2 Å². The summed E-state index contributed by atoms with van der Waals surface area (Å²) >= 11 is 0. The molecule has 0 saturated heterocycles. The molecule has 1 atom stereocenters. The Morgan fingerprint density at radius 3 is 2.88 bits per heavy atom. The van der Waals surface area contributed by atoms with Crippen LogP contribution in [-0.2, 0) is 0 Å². The number of hydrogen-bond donors (Lipinski definition) is 1. The lowest BCUT2D eigenvalue weighted by Gasteiger charge is -2.11. The molecule has 0 bridgehead atoms. The van der Waals surface area contributed by atoms with E-state index >= 15 is 0 Å². The summed E-state index contributed by atoms with van der Waals surface area (Å²) in [7, 11) is 0. The second-order valence-corrected chi connectivity index (χ2v) is 3.54. The van der Waals surface area contributed by atoms with Gasteiger partial charge < -0.3 is 4.74 Å². The smallest absolute Gasteiger partial charge is 0.121 e. The molecule has 0 spiro atoms. The van der Waals surface area contributed by atoms with Crippen molar-refractivity contribution in [1.82, 2.24) is 5.32 Å². The van der Waals surface area contributed by atoms with Crippen molar-refractivity contribution in [2.24, 2.45) is 0 Å². The third kappa shape index (κ3) is 3.56. The highest BCUT2D eigenvalue weighted by molar-refractivity contribution is 5.33. The van der Waals surface area contributed by atoms with E-state index in [1.54, 1.807) is 0 Å². The predicted molar refractivity (Wildman–Crippen MR) is 64.3 cm³/mol. The fourth-order valence-electron chi connectivity index (χ4n) is 1.45. The van der Waals surface area contributed by atoms with E-state index in [2.05, 4.69) is 18.3 Å². The Balaban J connectivity index is 2.76. The van der Waals surface area contributed by atoms with Crippen LogP contribution in [0.15, 0.2) is 24.3 Å². The molecule has 3 nitrogen and oxygen atoms in total. The molecule has 0 aliphatic carbocycles. The van der Waals surface area contributed by atoms with Crippen LogP contribution in [0.1, 0.15) is 31.9 Å². The minimum absolute atomic E-state index is 0.254. The molecule has 1 N–H and O–H groups in total. The van der Waals surface area contributed by atoms with Crippen LogP contribution in [0.3, 0.4) is 0 Å². The van der Waals surface area contributed by atoms with Crippen LogP contribution in [0.25, 0.3) is 0 Å². The molecule has 0 amide bonds. The van der Waals surface area contributed by atoms with Crippen LogP contribution in [0.2, 0.25) is 0 Å². The van der Waals surface area contributed by atoms with E-state index < -0.39 is 0 Å². The van der Waals surface area contributed by atoms with Crippen LogP contribution >= 0.6 is 0 Å².